The van der Waals surface area contributed by atoms with Crippen LogP contribution in [0.15, 0.2) is 17.5 Å². The lowest BCUT2D eigenvalue weighted by molar-refractivity contribution is 0.0791. The van der Waals surface area contributed by atoms with Crippen molar-refractivity contribution in [2.24, 2.45) is 11.8 Å². The predicted molar refractivity (Wildman–Crippen MR) is 91.0 cm³/mol. The first kappa shape index (κ1) is 17.3. The van der Waals surface area contributed by atoms with Crippen molar-refractivity contribution in [3.8, 4) is 0 Å². The number of thiophene rings is 1. The van der Waals surface area contributed by atoms with Gasteiger partial charge in [-0.1, -0.05) is 19.9 Å². The van der Waals surface area contributed by atoms with Crippen LogP contribution in [-0.4, -0.2) is 35.2 Å². The number of aliphatic hydroxyl groups is 1. The number of carbonyl (C=O) groups excluding carboxylic acids is 1. The van der Waals surface area contributed by atoms with E-state index in [0.29, 0.717) is 11.8 Å². The molecule has 1 aliphatic heterocycles. The van der Waals surface area contributed by atoms with E-state index < -0.39 is 0 Å². The van der Waals surface area contributed by atoms with Crippen molar-refractivity contribution >= 4 is 17.4 Å². The van der Waals surface area contributed by atoms with Gasteiger partial charge in [0.05, 0.1) is 12.1 Å². The second-order valence-electron chi connectivity index (χ2n) is 6.71. The van der Waals surface area contributed by atoms with Crippen molar-refractivity contribution in [1.29, 1.82) is 0 Å². The number of nitrogens with zero attached hydrogens (tertiary/aromatic N) is 1. The van der Waals surface area contributed by atoms with E-state index in [1.54, 1.807) is 11.3 Å². The Bertz CT molecular complexity index is 451. The molecule has 2 unspecified atom stereocenters. The summed E-state index contributed by atoms with van der Waals surface area (Å²) in [6.07, 6.45) is 2.46. The zero-order valence-electron chi connectivity index (χ0n) is 13.8. The molecule has 2 heterocycles. The number of amides is 2. The van der Waals surface area contributed by atoms with Crippen molar-refractivity contribution in [3.63, 3.8) is 0 Å². The van der Waals surface area contributed by atoms with Crippen LogP contribution in [0.4, 0.5) is 4.79 Å². The summed E-state index contributed by atoms with van der Waals surface area (Å²) in [5, 5.41) is 14.9. The maximum Gasteiger partial charge on any atom is 0.317 e. The molecule has 0 radical (unpaired) electrons. The zero-order valence-corrected chi connectivity index (χ0v) is 14.6. The molecule has 124 valence electrons. The second-order valence-corrected chi connectivity index (χ2v) is 7.69. The van der Waals surface area contributed by atoms with Gasteiger partial charge in [-0.2, -0.15) is 0 Å². The van der Waals surface area contributed by atoms with Crippen molar-refractivity contribution in [1.82, 2.24) is 10.2 Å². The monoisotopic (exact) mass is 324 g/mol. The molecular weight excluding hydrogens is 296 g/mol. The fourth-order valence-corrected chi connectivity index (χ4v) is 3.82. The van der Waals surface area contributed by atoms with Gasteiger partial charge < -0.3 is 15.3 Å². The fraction of sp³-hybridized carbons (Fsp3) is 0.706. The average molecular weight is 324 g/mol. The Morgan fingerprint density at radius 2 is 2.09 bits per heavy atom. The average Bonchev–Trinajstić information content (AvgIpc) is 3.00. The summed E-state index contributed by atoms with van der Waals surface area (Å²) < 4.78 is 0. The van der Waals surface area contributed by atoms with Gasteiger partial charge in [0, 0.05) is 18.0 Å². The molecule has 1 saturated heterocycles. The first-order chi connectivity index (χ1) is 10.5. The number of nitrogens with one attached hydrogen (secondary N) is 1. The van der Waals surface area contributed by atoms with Gasteiger partial charge in [0.2, 0.25) is 0 Å². The number of rotatable bonds is 5. The molecule has 22 heavy (non-hydrogen) atoms. The molecule has 1 fully saturated rings. The molecule has 0 saturated carbocycles. The van der Waals surface area contributed by atoms with Crippen LogP contribution in [0.1, 0.15) is 51.0 Å². The van der Waals surface area contributed by atoms with E-state index in [1.165, 1.54) is 4.88 Å². The van der Waals surface area contributed by atoms with Gasteiger partial charge in [-0.3, -0.25) is 0 Å². The number of urea groups is 1. The number of carbonyl (C=O) groups is 1. The minimum Gasteiger partial charge on any atom is -0.393 e. The third-order valence-corrected chi connectivity index (χ3v) is 5.39. The Kier molecular flexibility index (Phi) is 6.26. The lowest BCUT2D eigenvalue weighted by Crippen LogP contribution is -2.46. The van der Waals surface area contributed by atoms with Crippen LogP contribution in [0, 0.1) is 11.8 Å². The van der Waals surface area contributed by atoms with Gasteiger partial charge in [-0.15, -0.1) is 11.3 Å². The summed E-state index contributed by atoms with van der Waals surface area (Å²) >= 11 is 1.70. The Balaban J connectivity index is 1.91. The van der Waals surface area contributed by atoms with Crippen LogP contribution in [0.3, 0.4) is 0 Å². The van der Waals surface area contributed by atoms with Crippen molar-refractivity contribution < 1.29 is 9.90 Å². The number of piperidine rings is 1. The van der Waals surface area contributed by atoms with E-state index in [1.807, 2.05) is 17.9 Å². The molecule has 5 heteroatoms. The highest BCUT2D eigenvalue weighted by atomic mass is 32.1. The Hall–Kier alpha value is -1.07. The standard InChI is InChI=1S/C17H28N2O2S/c1-12(2)11-15(16-5-4-10-22-16)18-17(21)19-8-6-14(7-9-19)13(3)20/h4-5,10,12-15,20H,6-9,11H2,1-3H3,(H,18,21). The van der Waals surface area contributed by atoms with Crippen molar-refractivity contribution in [3.05, 3.63) is 22.4 Å². The van der Waals surface area contributed by atoms with Gasteiger partial charge in [0.25, 0.3) is 0 Å². The SMILES string of the molecule is CC(C)CC(NC(=O)N1CCC(C(C)O)CC1)c1cccs1. The van der Waals surface area contributed by atoms with Gasteiger partial charge in [-0.25, -0.2) is 4.79 Å². The normalized spacial score (nSPS) is 19.2. The Labute approximate surface area is 137 Å². The first-order valence-electron chi connectivity index (χ1n) is 8.24. The topological polar surface area (TPSA) is 52.6 Å². The summed E-state index contributed by atoms with van der Waals surface area (Å²) in [6, 6.07) is 4.26. The molecule has 2 N–H and O–H groups in total. The molecule has 2 amide bonds. The third kappa shape index (κ3) is 4.71. The number of hydrogen-bond donors (Lipinski definition) is 2. The highest BCUT2D eigenvalue weighted by Crippen LogP contribution is 2.26. The summed E-state index contributed by atoms with van der Waals surface area (Å²) in [7, 11) is 0. The Morgan fingerprint density at radius 1 is 1.41 bits per heavy atom. The highest BCUT2D eigenvalue weighted by molar-refractivity contribution is 7.10. The summed E-state index contributed by atoms with van der Waals surface area (Å²) in [6.45, 7) is 7.68. The van der Waals surface area contributed by atoms with Gasteiger partial charge in [0.15, 0.2) is 0 Å². The van der Waals surface area contributed by atoms with Gasteiger partial charge in [0.1, 0.15) is 0 Å². The van der Waals surface area contributed by atoms with Gasteiger partial charge in [-0.05, 0) is 49.5 Å². The minimum atomic E-state index is -0.273. The molecule has 1 aromatic rings. The number of hydrogen-bond acceptors (Lipinski definition) is 3. The molecule has 0 aliphatic carbocycles. The molecule has 0 bridgehead atoms. The molecular formula is C17H28N2O2S. The summed E-state index contributed by atoms with van der Waals surface area (Å²) in [5.41, 5.74) is 0. The predicted octanol–water partition coefficient (Wildman–Crippen LogP) is 3.64. The van der Waals surface area contributed by atoms with Crippen molar-refractivity contribution in [2.45, 2.75) is 52.2 Å². The number of aliphatic hydroxyl groups excluding tert-OH is 1. The van der Waals surface area contributed by atoms with Gasteiger partial charge >= 0.3 is 6.03 Å². The molecule has 0 aromatic carbocycles. The van der Waals surface area contributed by atoms with Crippen molar-refractivity contribution in [2.75, 3.05) is 13.1 Å². The van der Waals surface area contributed by atoms with Crippen LogP contribution in [-0.2, 0) is 0 Å². The van der Waals surface area contributed by atoms with E-state index in [2.05, 4.69) is 30.6 Å². The minimum absolute atomic E-state index is 0.0306. The zero-order chi connectivity index (χ0) is 16.1. The molecule has 2 rings (SSSR count). The molecule has 1 aromatic heterocycles. The molecule has 1 aliphatic rings. The van der Waals surface area contributed by atoms with E-state index in [4.69, 9.17) is 0 Å². The quantitative estimate of drug-likeness (QED) is 0.869. The van der Waals surface area contributed by atoms with Crippen LogP contribution in [0.25, 0.3) is 0 Å². The molecule has 0 spiro atoms. The summed E-state index contributed by atoms with van der Waals surface area (Å²) in [5.74, 6) is 0.862. The second kappa shape index (κ2) is 7.97. The maximum atomic E-state index is 12.5. The van der Waals surface area contributed by atoms with Crippen LogP contribution in [0.2, 0.25) is 0 Å². The van der Waals surface area contributed by atoms with Crippen LogP contribution >= 0.6 is 11.3 Å². The van der Waals surface area contributed by atoms with Crippen LogP contribution in [0.5, 0.6) is 0 Å². The first-order valence-corrected chi connectivity index (χ1v) is 9.12. The largest absolute Gasteiger partial charge is 0.393 e. The molecule has 2 atom stereocenters. The summed E-state index contributed by atoms with van der Waals surface area (Å²) in [4.78, 5) is 15.6. The van der Waals surface area contributed by atoms with E-state index in [-0.39, 0.29) is 18.2 Å². The van der Waals surface area contributed by atoms with E-state index in [9.17, 15) is 9.90 Å². The number of likely N-dealkylation sites (tertiary alicyclic amines) is 1. The lowest BCUT2D eigenvalue weighted by atomic mass is 9.92. The third-order valence-electron chi connectivity index (χ3n) is 4.40. The highest BCUT2D eigenvalue weighted by Gasteiger charge is 2.27. The van der Waals surface area contributed by atoms with E-state index >= 15 is 0 Å². The lowest BCUT2D eigenvalue weighted by Gasteiger charge is -2.34. The molecule has 4 nitrogen and oxygen atoms in total. The van der Waals surface area contributed by atoms with Crippen LogP contribution < -0.4 is 5.32 Å². The smallest absolute Gasteiger partial charge is 0.317 e. The fourth-order valence-electron chi connectivity index (χ4n) is 3.03. The van der Waals surface area contributed by atoms with E-state index in [0.717, 1.165) is 32.4 Å². The Morgan fingerprint density at radius 3 is 2.59 bits per heavy atom. The maximum absolute atomic E-state index is 12.5.